The molecule has 0 saturated heterocycles. The molecule has 120 valence electrons. The van der Waals surface area contributed by atoms with Gasteiger partial charge in [-0.1, -0.05) is 49.4 Å². The molecule has 23 heavy (non-hydrogen) atoms. The minimum atomic E-state index is -0.0378. The highest BCUT2D eigenvalue weighted by Crippen LogP contribution is 2.26. The first-order chi connectivity index (χ1) is 11.3. The van der Waals surface area contributed by atoms with Crippen molar-refractivity contribution in [3.8, 4) is 0 Å². The number of hydrogen-bond acceptors (Lipinski definition) is 1. The van der Waals surface area contributed by atoms with Gasteiger partial charge in [-0.3, -0.25) is 9.13 Å². The van der Waals surface area contributed by atoms with Gasteiger partial charge in [-0.2, -0.15) is 0 Å². The van der Waals surface area contributed by atoms with Gasteiger partial charge in [0, 0.05) is 12.4 Å². The molecule has 0 amide bonds. The summed E-state index contributed by atoms with van der Waals surface area (Å²) in [6, 6.07) is 18.1. The number of aromatic nitrogens is 2. The monoisotopic (exact) mass is 328 g/mol. The van der Waals surface area contributed by atoms with Crippen molar-refractivity contribution in [2.45, 2.75) is 32.4 Å². The maximum Gasteiger partial charge on any atom is 0.329 e. The molecule has 0 unspecified atom stereocenters. The third-order valence-corrected chi connectivity index (χ3v) is 4.41. The zero-order valence-corrected chi connectivity index (χ0v) is 14.0. The fourth-order valence-corrected chi connectivity index (χ4v) is 3.40. The lowest BCUT2D eigenvalue weighted by Gasteiger charge is -2.18. The molecule has 1 heterocycles. The van der Waals surface area contributed by atoms with E-state index in [1.807, 2.05) is 51.6 Å². The van der Waals surface area contributed by atoms with Gasteiger partial charge in [0.1, 0.15) is 0 Å². The quantitative estimate of drug-likeness (QED) is 0.615. The first-order valence-electron chi connectivity index (χ1n) is 8.08. The molecule has 3 rings (SSSR count). The van der Waals surface area contributed by atoms with Crippen LogP contribution in [0.15, 0.2) is 59.4 Å². The molecule has 0 saturated carbocycles. The fraction of sp³-hybridized carbons (Fsp3) is 0.316. The molecule has 0 spiro atoms. The molecule has 0 N–H and O–H groups in total. The number of fused-ring (bicyclic) bond motifs is 1. The van der Waals surface area contributed by atoms with Gasteiger partial charge in [-0.05, 0) is 30.5 Å². The van der Waals surface area contributed by atoms with Gasteiger partial charge in [0.25, 0.3) is 0 Å². The van der Waals surface area contributed by atoms with Gasteiger partial charge < -0.3 is 0 Å². The van der Waals surface area contributed by atoms with Crippen LogP contribution in [0.5, 0.6) is 0 Å². The SMILES string of the molecule is CCCn1c(=O)n([C@H](CCCl)c2ccccc2)c2ccccc21. The van der Waals surface area contributed by atoms with E-state index >= 15 is 0 Å². The lowest BCUT2D eigenvalue weighted by Crippen LogP contribution is -2.28. The highest BCUT2D eigenvalue weighted by molar-refractivity contribution is 6.17. The molecule has 0 aliphatic rings. The summed E-state index contributed by atoms with van der Waals surface area (Å²) >= 11 is 6.05. The van der Waals surface area contributed by atoms with Crippen molar-refractivity contribution in [2.24, 2.45) is 0 Å². The van der Waals surface area contributed by atoms with Crippen LogP contribution in [0.2, 0.25) is 0 Å². The maximum atomic E-state index is 13.1. The number of alkyl halides is 1. The summed E-state index contributed by atoms with van der Waals surface area (Å²) in [7, 11) is 0. The average molecular weight is 329 g/mol. The Bertz CT molecular complexity index is 835. The smallest absolute Gasteiger partial charge is 0.292 e. The summed E-state index contributed by atoms with van der Waals surface area (Å²) in [6.07, 6.45) is 1.66. The third kappa shape index (κ3) is 2.93. The van der Waals surface area contributed by atoms with Gasteiger partial charge >= 0.3 is 5.69 Å². The van der Waals surface area contributed by atoms with E-state index in [0.717, 1.165) is 36.0 Å². The Morgan fingerprint density at radius 3 is 2.30 bits per heavy atom. The highest BCUT2D eigenvalue weighted by atomic mass is 35.5. The van der Waals surface area contributed by atoms with E-state index in [-0.39, 0.29) is 11.7 Å². The van der Waals surface area contributed by atoms with Crippen molar-refractivity contribution in [1.82, 2.24) is 9.13 Å². The number of aryl methyl sites for hydroxylation is 1. The molecule has 0 bridgehead atoms. The molecular formula is C19H21ClN2O. The van der Waals surface area contributed by atoms with E-state index in [9.17, 15) is 4.79 Å². The minimum absolute atomic E-state index is 0.0378. The van der Waals surface area contributed by atoms with Crippen LogP contribution >= 0.6 is 11.6 Å². The second-order valence-corrected chi connectivity index (χ2v) is 6.08. The van der Waals surface area contributed by atoms with Crippen LogP contribution in [0.3, 0.4) is 0 Å². The van der Waals surface area contributed by atoms with Crippen molar-refractivity contribution in [3.63, 3.8) is 0 Å². The largest absolute Gasteiger partial charge is 0.329 e. The van der Waals surface area contributed by atoms with Crippen molar-refractivity contribution in [1.29, 1.82) is 0 Å². The molecule has 2 aromatic carbocycles. The van der Waals surface area contributed by atoms with Crippen LogP contribution in [-0.2, 0) is 6.54 Å². The first kappa shape index (κ1) is 15.9. The molecule has 3 nitrogen and oxygen atoms in total. The number of imidazole rings is 1. The van der Waals surface area contributed by atoms with Crippen molar-refractivity contribution in [3.05, 3.63) is 70.6 Å². The lowest BCUT2D eigenvalue weighted by atomic mass is 10.0. The number of rotatable bonds is 6. The molecule has 1 aromatic heterocycles. The van der Waals surface area contributed by atoms with Crippen LogP contribution in [0.1, 0.15) is 31.4 Å². The minimum Gasteiger partial charge on any atom is -0.292 e. The van der Waals surface area contributed by atoms with E-state index in [4.69, 9.17) is 11.6 Å². The zero-order chi connectivity index (χ0) is 16.2. The van der Waals surface area contributed by atoms with Crippen LogP contribution in [0.25, 0.3) is 11.0 Å². The predicted molar refractivity (Wildman–Crippen MR) is 96.4 cm³/mol. The number of benzene rings is 2. The molecule has 0 aliphatic carbocycles. The maximum absolute atomic E-state index is 13.1. The molecule has 3 aromatic rings. The van der Waals surface area contributed by atoms with Crippen LogP contribution < -0.4 is 5.69 Å². The van der Waals surface area contributed by atoms with E-state index in [2.05, 4.69) is 19.1 Å². The van der Waals surface area contributed by atoms with Gasteiger partial charge in [0.05, 0.1) is 17.1 Å². The number of hydrogen-bond donors (Lipinski definition) is 0. The van der Waals surface area contributed by atoms with E-state index in [0.29, 0.717) is 5.88 Å². The van der Waals surface area contributed by atoms with Gasteiger partial charge in [0.15, 0.2) is 0 Å². The van der Waals surface area contributed by atoms with E-state index < -0.39 is 0 Å². The predicted octanol–water partition coefficient (Wildman–Crippen LogP) is 4.43. The summed E-state index contributed by atoms with van der Waals surface area (Å²) in [4.78, 5) is 13.1. The second-order valence-electron chi connectivity index (χ2n) is 5.70. The Labute approximate surface area is 141 Å². The van der Waals surface area contributed by atoms with Crippen molar-refractivity contribution < 1.29 is 0 Å². The van der Waals surface area contributed by atoms with Gasteiger partial charge in [-0.25, -0.2) is 4.79 Å². The van der Waals surface area contributed by atoms with Gasteiger partial charge in [-0.15, -0.1) is 11.6 Å². The average Bonchev–Trinajstić information content (AvgIpc) is 2.86. The molecule has 0 radical (unpaired) electrons. The summed E-state index contributed by atoms with van der Waals surface area (Å²) in [5.41, 5.74) is 3.14. The fourth-order valence-electron chi connectivity index (χ4n) is 3.20. The Morgan fingerprint density at radius 2 is 1.65 bits per heavy atom. The van der Waals surface area contributed by atoms with Crippen LogP contribution in [-0.4, -0.2) is 15.0 Å². The Morgan fingerprint density at radius 1 is 1.00 bits per heavy atom. The van der Waals surface area contributed by atoms with Crippen LogP contribution in [0.4, 0.5) is 0 Å². The lowest BCUT2D eigenvalue weighted by molar-refractivity contribution is 0.541. The summed E-state index contributed by atoms with van der Waals surface area (Å²) in [6.45, 7) is 2.82. The Hall–Kier alpha value is -2.00. The molecule has 4 heteroatoms. The molecule has 0 fully saturated rings. The van der Waals surface area contributed by atoms with Crippen molar-refractivity contribution in [2.75, 3.05) is 5.88 Å². The summed E-state index contributed by atoms with van der Waals surface area (Å²) < 4.78 is 3.78. The standard InChI is InChI=1S/C19H21ClN2O/c1-2-14-21-17-10-6-7-11-18(17)22(19(21)23)16(12-13-20)15-8-4-3-5-9-15/h3-11,16H,2,12-14H2,1H3/t16-/m1/s1. The molecular weight excluding hydrogens is 308 g/mol. The van der Waals surface area contributed by atoms with Gasteiger partial charge in [0.2, 0.25) is 0 Å². The Balaban J connectivity index is 2.24. The first-order valence-corrected chi connectivity index (χ1v) is 8.62. The number of halogens is 1. The van der Waals surface area contributed by atoms with Crippen molar-refractivity contribution >= 4 is 22.6 Å². The summed E-state index contributed by atoms with van der Waals surface area (Å²) in [5.74, 6) is 0.513. The highest BCUT2D eigenvalue weighted by Gasteiger charge is 2.21. The topological polar surface area (TPSA) is 26.9 Å². The molecule has 1 atom stereocenters. The third-order valence-electron chi connectivity index (χ3n) is 4.19. The summed E-state index contributed by atoms with van der Waals surface area (Å²) in [5, 5.41) is 0. The zero-order valence-electron chi connectivity index (χ0n) is 13.3. The number of nitrogens with zero attached hydrogens (tertiary/aromatic N) is 2. The Kier molecular flexibility index (Phi) is 4.87. The number of para-hydroxylation sites is 2. The van der Waals surface area contributed by atoms with E-state index in [1.165, 1.54) is 0 Å². The normalized spacial score (nSPS) is 12.6. The van der Waals surface area contributed by atoms with Crippen LogP contribution in [0, 0.1) is 0 Å². The molecule has 0 aliphatic heterocycles. The van der Waals surface area contributed by atoms with E-state index in [1.54, 1.807) is 0 Å². The second kappa shape index (κ2) is 7.05.